The van der Waals surface area contributed by atoms with Crippen LogP contribution in [0.4, 0.5) is 11.4 Å². The molecular formula is C21H20N2O4S. The molecule has 1 aliphatic rings. The van der Waals surface area contributed by atoms with E-state index in [4.69, 9.17) is 16.0 Å². The Kier molecular flexibility index (Phi) is 6.22. The fourth-order valence-corrected chi connectivity index (χ4v) is 4.23. The van der Waals surface area contributed by atoms with E-state index in [1.54, 1.807) is 26.2 Å². The third-order valence-electron chi connectivity index (χ3n) is 4.35. The molecule has 1 amide bonds. The average Bonchev–Trinajstić information content (AvgIpc) is 2.71. The van der Waals surface area contributed by atoms with Gasteiger partial charge in [0.25, 0.3) is 0 Å². The Morgan fingerprint density at radius 1 is 1.25 bits per heavy atom. The van der Waals surface area contributed by atoms with Gasteiger partial charge in [0.1, 0.15) is 12.3 Å². The molecule has 28 heavy (non-hydrogen) atoms. The topological polar surface area (TPSA) is 60.2 Å². The Morgan fingerprint density at radius 3 is 2.64 bits per heavy atom. The molecule has 1 atom stereocenters. The van der Waals surface area contributed by atoms with Crippen molar-refractivity contribution in [3.05, 3.63) is 59.4 Å². The van der Waals surface area contributed by atoms with Crippen LogP contribution in [0.1, 0.15) is 12.5 Å². The van der Waals surface area contributed by atoms with Crippen LogP contribution in [0.2, 0.25) is 0 Å². The zero-order chi connectivity index (χ0) is 20.1. The summed E-state index contributed by atoms with van der Waals surface area (Å²) in [6.07, 6.45) is 0.525. The van der Waals surface area contributed by atoms with Gasteiger partial charge in [-0.3, -0.25) is 9.59 Å². The van der Waals surface area contributed by atoms with Gasteiger partial charge in [0.15, 0.2) is 5.69 Å². The molecule has 0 aliphatic carbocycles. The highest BCUT2D eigenvalue weighted by Crippen LogP contribution is 2.42. The number of carbonyl (C=O) groups is 2. The van der Waals surface area contributed by atoms with Crippen molar-refractivity contribution >= 4 is 35.0 Å². The third-order valence-corrected chi connectivity index (χ3v) is 5.60. The van der Waals surface area contributed by atoms with Gasteiger partial charge in [0.2, 0.25) is 5.91 Å². The molecule has 3 rings (SSSR count). The second-order valence-corrected chi connectivity index (χ2v) is 7.40. The molecule has 0 saturated carbocycles. The standard InChI is InChI=1S/C21H20N2O4S/c1-4-27-20(24)13-23-17-12-15(22-2)7-10-18(17)28-19(21(23)25)11-14-5-8-16(26-3)9-6-14/h5-10,12,19H,4,11,13H2,1,3H3. The molecule has 0 radical (unpaired) electrons. The molecule has 1 heterocycles. The molecule has 1 aliphatic heterocycles. The van der Waals surface area contributed by atoms with Crippen LogP contribution in [-0.4, -0.2) is 37.4 Å². The number of hydrogen-bond acceptors (Lipinski definition) is 5. The summed E-state index contributed by atoms with van der Waals surface area (Å²) >= 11 is 1.46. The fourth-order valence-electron chi connectivity index (χ4n) is 2.99. The first-order chi connectivity index (χ1) is 13.5. The van der Waals surface area contributed by atoms with Crippen LogP contribution in [0.3, 0.4) is 0 Å². The normalized spacial score (nSPS) is 15.5. The number of benzene rings is 2. The first-order valence-corrected chi connectivity index (χ1v) is 9.71. The highest BCUT2D eigenvalue weighted by atomic mass is 32.2. The van der Waals surface area contributed by atoms with Gasteiger partial charge in [-0.2, -0.15) is 0 Å². The molecule has 1 unspecified atom stereocenters. The second-order valence-electron chi connectivity index (χ2n) is 6.15. The summed E-state index contributed by atoms with van der Waals surface area (Å²) < 4.78 is 10.2. The van der Waals surface area contributed by atoms with Crippen LogP contribution >= 0.6 is 11.8 Å². The van der Waals surface area contributed by atoms with E-state index in [-0.39, 0.29) is 24.3 Å². The van der Waals surface area contributed by atoms with Crippen LogP contribution in [0.5, 0.6) is 5.75 Å². The van der Waals surface area contributed by atoms with Crippen molar-refractivity contribution in [3.63, 3.8) is 0 Å². The summed E-state index contributed by atoms with van der Waals surface area (Å²) in [6, 6.07) is 12.8. The molecule has 0 aromatic heterocycles. The minimum absolute atomic E-state index is 0.163. The van der Waals surface area contributed by atoms with Gasteiger partial charge in [-0.05, 0) is 37.1 Å². The largest absolute Gasteiger partial charge is 0.497 e. The van der Waals surface area contributed by atoms with Gasteiger partial charge >= 0.3 is 5.97 Å². The van der Waals surface area contributed by atoms with Gasteiger partial charge in [0.05, 0.1) is 25.5 Å². The lowest BCUT2D eigenvalue weighted by atomic mass is 10.1. The number of ether oxygens (including phenoxy) is 2. The first-order valence-electron chi connectivity index (χ1n) is 8.83. The Hall–Kier alpha value is -2.98. The summed E-state index contributed by atoms with van der Waals surface area (Å²) in [5, 5.41) is -0.367. The van der Waals surface area contributed by atoms with Crippen molar-refractivity contribution in [2.45, 2.75) is 23.5 Å². The molecule has 7 heteroatoms. The monoisotopic (exact) mass is 396 g/mol. The number of amides is 1. The maximum absolute atomic E-state index is 13.2. The number of hydrogen-bond donors (Lipinski definition) is 0. The lowest BCUT2D eigenvalue weighted by molar-refractivity contribution is -0.142. The van der Waals surface area contributed by atoms with Crippen molar-refractivity contribution in [3.8, 4) is 5.75 Å². The number of rotatable bonds is 6. The van der Waals surface area contributed by atoms with Crippen molar-refractivity contribution in [2.75, 3.05) is 25.2 Å². The highest BCUT2D eigenvalue weighted by molar-refractivity contribution is 8.01. The van der Waals surface area contributed by atoms with E-state index in [1.807, 2.05) is 30.3 Å². The Labute approximate surface area is 168 Å². The van der Waals surface area contributed by atoms with Crippen LogP contribution < -0.4 is 9.64 Å². The summed E-state index contributed by atoms with van der Waals surface area (Å²) in [5.41, 5.74) is 2.01. The lowest BCUT2D eigenvalue weighted by Gasteiger charge is -2.33. The van der Waals surface area contributed by atoms with E-state index in [0.29, 0.717) is 17.8 Å². The maximum Gasteiger partial charge on any atom is 0.326 e. The first kappa shape index (κ1) is 19.8. The Morgan fingerprint density at radius 2 is 2.00 bits per heavy atom. The molecule has 0 spiro atoms. The van der Waals surface area contributed by atoms with Gasteiger partial charge < -0.3 is 14.4 Å². The molecule has 2 aromatic rings. The fraction of sp³-hybridized carbons (Fsp3) is 0.286. The number of thioether (sulfide) groups is 1. The summed E-state index contributed by atoms with van der Waals surface area (Å²) in [5.74, 6) is 0.126. The quantitative estimate of drug-likeness (QED) is 0.548. The highest BCUT2D eigenvalue weighted by Gasteiger charge is 2.35. The zero-order valence-corrected chi connectivity index (χ0v) is 16.5. The molecular weight excluding hydrogens is 376 g/mol. The SMILES string of the molecule is [C-]#[N+]c1ccc2c(c1)N(CC(=O)OCC)C(=O)C(Cc1ccc(OC)cc1)S2. The summed E-state index contributed by atoms with van der Waals surface area (Å²) in [7, 11) is 1.61. The average molecular weight is 396 g/mol. The maximum atomic E-state index is 13.2. The molecule has 0 fully saturated rings. The number of esters is 1. The van der Waals surface area contributed by atoms with Gasteiger partial charge in [-0.25, -0.2) is 4.85 Å². The van der Waals surface area contributed by atoms with Crippen LogP contribution in [0, 0.1) is 6.57 Å². The number of fused-ring (bicyclic) bond motifs is 1. The van der Waals surface area contributed by atoms with Crippen LogP contribution in [0.15, 0.2) is 47.4 Å². The van der Waals surface area contributed by atoms with Gasteiger partial charge in [0, 0.05) is 10.6 Å². The molecule has 2 aromatic carbocycles. The van der Waals surface area contributed by atoms with Gasteiger partial charge in [-0.1, -0.05) is 24.3 Å². The second kappa shape index (κ2) is 8.81. The van der Waals surface area contributed by atoms with Crippen molar-refractivity contribution < 1.29 is 19.1 Å². The zero-order valence-electron chi connectivity index (χ0n) is 15.7. The predicted molar refractivity (Wildman–Crippen MR) is 108 cm³/mol. The van der Waals surface area contributed by atoms with E-state index >= 15 is 0 Å². The van der Waals surface area contributed by atoms with E-state index < -0.39 is 5.97 Å². The van der Waals surface area contributed by atoms with Crippen LogP contribution in [0.25, 0.3) is 4.85 Å². The Bertz CT molecular complexity index is 921. The predicted octanol–water partition coefficient (Wildman–Crippen LogP) is 3.86. The lowest BCUT2D eigenvalue weighted by Crippen LogP contribution is -2.45. The molecule has 0 saturated heterocycles. The Balaban J connectivity index is 1.89. The van der Waals surface area contributed by atoms with Crippen molar-refractivity contribution in [1.29, 1.82) is 0 Å². The van der Waals surface area contributed by atoms with E-state index in [2.05, 4.69) is 4.85 Å². The molecule has 0 bridgehead atoms. The smallest absolute Gasteiger partial charge is 0.326 e. The van der Waals surface area contributed by atoms with E-state index in [1.165, 1.54) is 16.7 Å². The number of anilines is 1. The molecule has 6 nitrogen and oxygen atoms in total. The summed E-state index contributed by atoms with van der Waals surface area (Å²) in [6.45, 7) is 9.03. The van der Waals surface area contributed by atoms with E-state index in [9.17, 15) is 9.59 Å². The van der Waals surface area contributed by atoms with E-state index in [0.717, 1.165) is 16.2 Å². The summed E-state index contributed by atoms with van der Waals surface area (Å²) in [4.78, 5) is 30.9. The van der Waals surface area contributed by atoms with Gasteiger partial charge in [-0.15, -0.1) is 11.8 Å². The minimum Gasteiger partial charge on any atom is -0.497 e. The minimum atomic E-state index is -0.467. The number of methoxy groups -OCH3 is 1. The number of nitrogens with zero attached hydrogens (tertiary/aromatic N) is 2. The molecule has 144 valence electrons. The molecule has 0 N–H and O–H groups in total. The van der Waals surface area contributed by atoms with Crippen molar-refractivity contribution in [1.82, 2.24) is 0 Å². The van der Waals surface area contributed by atoms with Crippen molar-refractivity contribution in [2.24, 2.45) is 0 Å². The van der Waals surface area contributed by atoms with Crippen LogP contribution in [-0.2, 0) is 20.7 Å². The number of carbonyl (C=O) groups excluding carboxylic acids is 2. The third kappa shape index (κ3) is 4.29.